The number of rotatable bonds is 4. The summed E-state index contributed by atoms with van der Waals surface area (Å²) in [5, 5.41) is 9.25. The molecule has 5 rings (SSSR count). The van der Waals surface area contributed by atoms with Gasteiger partial charge in [-0.05, 0) is 30.2 Å². The Labute approximate surface area is 185 Å². The van der Waals surface area contributed by atoms with Gasteiger partial charge in [0.1, 0.15) is 28.3 Å². The maximum absolute atomic E-state index is 14.9. The number of halogens is 2. The van der Waals surface area contributed by atoms with E-state index in [0.717, 1.165) is 17.1 Å². The van der Waals surface area contributed by atoms with Crippen LogP contribution in [0.1, 0.15) is 46.6 Å². The first kappa shape index (κ1) is 20.4. The highest BCUT2D eigenvalue weighted by Gasteiger charge is 2.46. The SMILES string of the molecule is CC(C)Cc1nnc(N2C(=O)c3oc4ccc(F)cc4c(=O)c3[C@@H]2c2ccccc2F)s1. The normalized spacial score (nSPS) is 15.7. The number of carbonyl (C=O) groups excluding carboxylic acids is 1. The smallest absolute Gasteiger partial charge is 0.297 e. The molecule has 2 aromatic carbocycles. The predicted octanol–water partition coefficient (Wildman–Crippen LogP) is 4.87. The number of benzene rings is 2. The molecule has 1 aliphatic heterocycles. The van der Waals surface area contributed by atoms with Crippen molar-refractivity contribution < 1.29 is 18.0 Å². The Morgan fingerprint density at radius 3 is 2.66 bits per heavy atom. The van der Waals surface area contributed by atoms with Gasteiger partial charge in [0, 0.05) is 12.0 Å². The molecule has 0 spiro atoms. The predicted molar refractivity (Wildman–Crippen MR) is 116 cm³/mol. The van der Waals surface area contributed by atoms with E-state index in [0.29, 0.717) is 12.3 Å². The molecule has 1 atom stereocenters. The van der Waals surface area contributed by atoms with Crippen molar-refractivity contribution in [3.05, 3.63) is 86.2 Å². The third kappa shape index (κ3) is 3.20. The molecule has 2 aromatic heterocycles. The first-order chi connectivity index (χ1) is 15.3. The van der Waals surface area contributed by atoms with Crippen molar-refractivity contribution in [2.75, 3.05) is 4.90 Å². The highest BCUT2D eigenvalue weighted by molar-refractivity contribution is 7.15. The molecule has 4 aromatic rings. The van der Waals surface area contributed by atoms with E-state index in [1.54, 1.807) is 6.07 Å². The van der Waals surface area contributed by atoms with E-state index in [2.05, 4.69) is 10.2 Å². The van der Waals surface area contributed by atoms with Crippen LogP contribution in [-0.4, -0.2) is 16.1 Å². The summed E-state index contributed by atoms with van der Waals surface area (Å²) in [7, 11) is 0. The van der Waals surface area contributed by atoms with E-state index in [9.17, 15) is 18.4 Å². The van der Waals surface area contributed by atoms with Crippen molar-refractivity contribution in [2.45, 2.75) is 26.3 Å². The number of carbonyl (C=O) groups is 1. The lowest BCUT2D eigenvalue weighted by atomic mass is 9.98. The largest absolute Gasteiger partial charge is 0.450 e. The minimum atomic E-state index is -1.11. The van der Waals surface area contributed by atoms with Crippen molar-refractivity contribution in [3.8, 4) is 0 Å². The number of anilines is 1. The van der Waals surface area contributed by atoms with Gasteiger partial charge < -0.3 is 4.42 Å². The Balaban J connectivity index is 1.76. The molecule has 1 aliphatic rings. The Morgan fingerprint density at radius 1 is 1.12 bits per heavy atom. The van der Waals surface area contributed by atoms with Crippen molar-refractivity contribution in [2.24, 2.45) is 5.92 Å². The molecule has 0 N–H and O–H groups in total. The van der Waals surface area contributed by atoms with Gasteiger partial charge in [0.05, 0.1) is 10.9 Å². The van der Waals surface area contributed by atoms with Crippen LogP contribution in [0.2, 0.25) is 0 Å². The summed E-state index contributed by atoms with van der Waals surface area (Å²) in [6, 6.07) is 8.28. The molecule has 1 amide bonds. The van der Waals surface area contributed by atoms with Gasteiger partial charge >= 0.3 is 0 Å². The standard InChI is InChI=1S/C23H17F2N3O3S/c1-11(2)9-17-26-27-23(32-17)28-19(13-5-3-4-6-15(13)25)18-20(29)14-10-12(24)7-8-16(14)31-21(18)22(28)30/h3-8,10-11,19H,9H2,1-2H3/t19-/m0/s1. The lowest BCUT2D eigenvalue weighted by Crippen LogP contribution is -2.30. The van der Waals surface area contributed by atoms with Crippen LogP contribution in [0.25, 0.3) is 11.0 Å². The second-order valence-corrected chi connectivity index (χ2v) is 9.03. The highest BCUT2D eigenvalue weighted by atomic mass is 32.1. The van der Waals surface area contributed by atoms with Crippen LogP contribution in [0.15, 0.2) is 51.7 Å². The van der Waals surface area contributed by atoms with Crippen LogP contribution in [0.4, 0.5) is 13.9 Å². The molecule has 0 unspecified atom stereocenters. The molecule has 0 radical (unpaired) electrons. The average molecular weight is 453 g/mol. The second kappa shape index (κ2) is 7.59. The zero-order chi connectivity index (χ0) is 22.6. The first-order valence-electron chi connectivity index (χ1n) is 10.0. The third-order valence-electron chi connectivity index (χ3n) is 5.28. The van der Waals surface area contributed by atoms with Crippen molar-refractivity contribution in [1.29, 1.82) is 0 Å². The minimum absolute atomic E-state index is 0.0162. The molecule has 0 fully saturated rings. The van der Waals surface area contributed by atoms with Gasteiger partial charge in [-0.1, -0.05) is 43.4 Å². The fourth-order valence-corrected chi connectivity index (χ4v) is 4.98. The summed E-state index contributed by atoms with van der Waals surface area (Å²) in [5.41, 5.74) is -0.436. The van der Waals surface area contributed by atoms with Crippen molar-refractivity contribution >= 4 is 33.3 Å². The Kier molecular flexibility index (Phi) is 4.85. The van der Waals surface area contributed by atoms with Crippen molar-refractivity contribution in [3.63, 3.8) is 0 Å². The first-order valence-corrected chi connectivity index (χ1v) is 10.8. The molecule has 32 heavy (non-hydrogen) atoms. The quantitative estimate of drug-likeness (QED) is 0.441. The van der Waals surface area contributed by atoms with E-state index in [4.69, 9.17) is 4.42 Å². The van der Waals surface area contributed by atoms with E-state index in [1.807, 2.05) is 13.8 Å². The molecule has 6 nitrogen and oxygen atoms in total. The van der Waals surface area contributed by atoms with Gasteiger partial charge in [-0.25, -0.2) is 8.78 Å². The fourth-order valence-electron chi connectivity index (χ4n) is 3.91. The van der Waals surface area contributed by atoms with Crippen LogP contribution >= 0.6 is 11.3 Å². The van der Waals surface area contributed by atoms with Crippen LogP contribution in [0.3, 0.4) is 0 Å². The summed E-state index contributed by atoms with van der Waals surface area (Å²) < 4.78 is 34.5. The van der Waals surface area contributed by atoms with Crippen LogP contribution in [0.5, 0.6) is 0 Å². The zero-order valence-electron chi connectivity index (χ0n) is 17.1. The van der Waals surface area contributed by atoms with Gasteiger partial charge in [0.25, 0.3) is 5.91 Å². The number of fused-ring (bicyclic) bond motifs is 2. The zero-order valence-corrected chi connectivity index (χ0v) is 18.0. The minimum Gasteiger partial charge on any atom is -0.450 e. The molecule has 0 aliphatic carbocycles. The Morgan fingerprint density at radius 2 is 1.91 bits per heavy atom. The summed E-state index contributed by atoms with van der Waals surface area (Å²) in [6.45, 7) is 4.07. The molecule has 162 valence electrons. The summed E-state index contributed by atoms with van der Waals surface area (Å²) >= 11 is 1.21. The van der Waals surface area contributed by atoms with Crippen molar-refractivity contribution in [1.82, 2.24) is 10.2 Å². The summed E-state index contributed by atoms with van der Waals surface area (Å²) in [4.78, 5) is 28.0. The van der Waals surface area contributed by atoms with Gasteiger partial charge in [-0.3, -0.25) is 14.5 Å². The number of hydrogen-bond acceptors (Lipinski definition) is 6. The topological polar surface area (TPSA) is 76.3 Å². The molecular weight excluding hydrogens is 436 g/mol. The summed E-state index contributed by atoms with van der Waals surface area (Å²) in [6.07, 6.45) is 0.664. The van der Waals surface area contributed by atoms with Gasteiger partial charge in [-0.15, -0.1) is 10.2 Å². The number of nitrogens with zero attached hydrogens (tertiary/aromatic N) is 3. The molecule has 0 saturated carbocycles. The van der Waals surface area contributed by atoms with Crippen LogP contribution in [-0.2, 0) is 6.42 Å². The van der Waals surface area contributed by atoms with Gasteiger partial charge in [0.15, 0.2) is 5.43 Å². The summed E-state index contributed by atoms with van der Waals surface area (Å²) in [5.74, 6) is -1.70. The lowest BCUT2D eigenvalue weighted by molar-refractivity contribution is 0.0970. The monoisotopic (exact) mass is 453 g/mol. The molecule has 0 bridgehead atoms. The number of aromatic nitrogens is 2. The van der Waals surface area contributed by atoms with Crippen LogP contribution < -0.4 is 10.3 Å². The fraction of sp³-hybridized carbons (Fsp3) is 0.217. The van der Waals surface area contributed by atoms with Gasteiger partial charge in [0.2, 0.25) is 10.9 Å². The van der Waals surface area contributed by atoms with Gasteiger partial charge in [-0.2, -0.15) is 0 Å². The number of hydrogen-bond donors (Lipinski definition) is 0. The number of amides is 1. The molecule has 9 heteroatoms. The molecular formula is C23H17F2N3O3S. The molecule has 3 heterocycles. The lowest BCUT2D eigenvalue weighted by Gasteiger charge is -2.22. The maximum Gasteiger partial charge on any atom is 0.297 e. The third-order valence-corrected chi connectivity index (χ3v) is 6.22. The molecule has 0 saturated heterocycles. The second-order valence-electron chi connectivity index (χ2n) is 7.99. The van der Waals surface area contributed by atoms with E-state index in [1.165, 1.54) is 40.5 Å². The van der Waals surface area contributed by atoms with Crippen LogP contribution in [0, 0.1) is 17.6 Å². The maximum atomic E-state index is 14.9. The van der Waals surface area contributed by atoms with E-state index < -0.39 is 29.0 Å². The Bertz CT molecular complexity index is 1430. The average Bonchev–Trinajstić information content (AvgIpc) is 3.31. The Hall–Kier alpha value is -3.46. The highest BCUT2D eigenvalue weighted by Crippen LogP contribution is 2.42. The van der Waals surface area contributed by atoms with E-state index >= 15 is 0 Å². The van der Waals surface area contributed by atoms with E-state index in [-0.39, 0.29) is 33.0 Å².